The number of hydrogen-bond acceptors (Lipinski definition) is 4. The summed E-state index contributed by atoms with van der Waals surface area (Å²) in [5.41, 5.74) is 2.28. The van der Waals surface area contributed by atoms with Crippen molar-refractivity contribution in [2.24, 2.45) is 0 Å². The molecule has 0 atom stereocenters. The first-order valence-electron chi connectivity index (χ1n) is 9.60. The third-order valence-corrected chi connectivity index (χ3v) is 4.32. The van der Waals surface area contributed by atoms with Gasteiger partial charge in [0.25, 0.3) is 5.91 Å². The summed E-state index contributed by atoms with van der Waals surface area (Å²) in [6.45, 7) is 1.65. The van der Waals surface area contributed by atoms with E-state index in [-0.39, 0.29) is 11.7 Å². The molecule has 0 aliphatic rings. The fourth-order valence-electron chi connectivity index (χ4n) is 2.75. The molecule has 1 amide bonds. The number of carbonyl (C=O) groups is 1. The van der Waals surface area contributed by atoms with Crippen molar-refractivity contribution in [1.82, 2.24) is 5.32 Å². The van der Waals surface area contributed by atoms with Gasteiger partial charge < -0.3 is 19.5 Å². The number of rotatable bonds is 10. The molecular weight excluding hydrogens is 385 g/mol. The lowest BCUT2D eigenvalue weighted by atomic mass is 10.1. The topological polar surface area (TPSA) is 56.8 Å². The molecule has 6 heteroatoms. The van der Waals surface area contributed by atoms with Crippen LogP contribution in [-0.4, -0.2) is 26.2 Å². The van der Waals surface area contributed by atoms with E-state index in [9.17, 15) is 9.18 Å². The minimum atomic E-state index is -0.288. The molecule has 3 aromatic carbocycles. The third kappa shape index (κ3) is 6.60. The van der Waals surface area contributed by atoms with Crippen LogP contribution >= 0.6 is 0 Å². The van der Waals surface area contributed by atoms with Gasteiger partial charge in [-0.1, -0.05) is 30.3 Å². The molecule has 30 heavy (non-hydrogen) atoms. The van der Waals surface area contributed by atoms with Crippen LogP contribution in [0, 0.1) is 5.82 Å². The molecule has 5 nitrogen and oxygen atoms in total. The predicted octanol–water partition coefficient (Wildman–Crippen LogP) is 4.36. The predicted molar refractivity (Wildman–Crippen MR) is 112 cm³/mol. The molecular formula is C24H24FNO4. The van der Waals surface area contributed by atoms with Crippen molar-refractivity contribution >= 4 is 5.91 Å². The van der Waals surface area contributed by atoms with Gasteiger partial charge in [0, 0.05) is 19.2 Å². The molecule has 0 heterocycles. The highest BCUT2D eigenvalue weighted by atomic mass is 19.1. The first-order valence-corrected chi connectivity index (χ1v) is 9.60. The minimum Gasteiger partial charge on any atom is -0.491 e. The standard InChI is InChI=1S/C24H24FNO4/c1-28-12-13-29-22-6-2-4-19(14-22)16-26-24(27)20-5-3-7-23(15-20)30-17-18-8-10-21(25)11-9-18/h2-11,14-15H,12-13,16-17H2,1H3,(H,26,27). The van der Waals surface area contributed by atoms with Crippen LogP contribution in [0.25, 0.3) is 0 Å². The molecule has 0 aromatic heterocycles. The number of carbonyl (C=O) groups excluding carboxylic acids is 1. The van der Waals surface area contributed by atoms with Crippen molar-refractivity contribution in [3.05, 3.63) is 95.3 Å². The second-order valence-corrected chi connectivity index (χ2v) is 6.61. The number of hydrogen-bond donors (Lipinski definition) is 1. The Bertz CT molecular complexity index is 959. The minimum absolute atomic E-state index is 0.201. The highest BCUT2D eigenvalue weighted by Crippen LogP contribution is 2.17. The van der Waals surface area contributed by atoms with Crippen LogP contribution in [0.5, 0.6) is 11.5 Å². The zero-order valence-electron chi connectivity index (χ0n) is 16.8. The summed E-state index contributed by atoms with van der Waals surface area (Å²) in [5.74, 6) is 0.813. The number of ether oxygens (including phenoxy) is 3. The Balaban J connectivity index is 1.53. The van der Waals surface area contributed by atoms with E-state index in [1.54, 1.807) is 43.5 Å². The first-order chi connectivity index (χ1) is 14.6. The Kier molecular flexibility index (Phi) is 7.80. The van der Waals surface area contributed by atoms with Gasteiger partial charge in [-0.05, 0) is 53.6 Å². The van der Waals surface area contributed by atoms with Crippen LogP contribution in [0.1, 0.15) is 21.5 Å². The van der Waals surface area contributed by atoms with E-state index in [2.05, 4.69) is 5.32 Å². The van der Waals surface area contributed by atoms with E-state index >= 15 is 0 Å². The summed E-state index contributed by atoms with van der Waals surface area (Å²) < 4.78 is 29.3. The Hall–Kier alpha value is -3.38. The average molecular weight is 409 g/mol. The zero-order chi connectivity index (χ0) is 21.2. The Morgan fingerprint density at radius 3 is 2.37 bits per heavy atom. The van der Waals surface area contributed by atoms with Gasteiger partial charge in [0.2, 0.25) is 0 Å². The first kappa shape index (κ1) is 21.3. The van der Waals surface area contributed by atoms with E-state index in [4.69, 9.17) is 14.2 Å². The van der Waals surface area contributed by atoms with Gasteiger partial charge in [-0.3, -0.25) is 4.79 Å². The fraction of sp³-hybridized carbons (Fsp3) is 0.208. The van der Waals surface area contributed by atoms with Gasteiger partial charge in [-0.25, -0.2) is 4.39 Å². The molecule has 0 bridgehead atoms. The molecule has 3 aromatic rings. The molecule has 156 valence electrons. The van der Waals surface area contributed by atoms with Gasteiger partial charge in [0.1, 0.15) is 30.5 Å². The molecule has 0 aliphatic carbocycles. The SMILES string of the molecule is COCCOc1cccc(CNC(=O)c2cccc(OCc3ccc(F)cc3)c2)c1. The third-order valence-electron chi connectivity index (χ3n) is 4.32. The number of nitrogens with one attached hydrogen (secondary N) is 1. The number of amides is 1. The monoisotopic (exact) mass is 409 g/mol. The van der Waals surface area contributed by atoms with Gasteiger partial charge in [-0.2, -0.15) is 0 Å². The average Bonchev–Trinajstić information content (AvgIpc) is 2.78. The van der Waals surface area contributed by atoms with Crippen molar-refractivity contribution in [3.8, 4) is 11.5 Å². The maximum Gasteiger partial charge on any atom is 0.251 e. The van der Waals surface area contributed by atoms with E-state index in [1.807, 2.05) is 24.3 Å². The van der Waals surface area contributed by atoms with Crippen LogP contribution < -0.4 is 14.8 Å². The summed E-state index contributed by atoms with van der Waals surface area (Å²) in [6, 6.07) is 20.6. The van der Waals surface area contributed by atoms with Gasteiger partial charge in [0.15, 0.2) is 0 Å². The Labute approximate surface area is 175 Å². The number of methoxy groups -OCH3 is 1. The Morgan fingerprint density at radius 1 is 0.867 bits per heavy atom. The van der Waals surface area contributed by atoms with Gasteiger partial charge >= 0.3 is 0 Å². The van der Waals surface area contributed by atoms with Gasteiger partial charge in [0.05, 0.1) is 6.61 Å². The molecule has 0 unspecified atom stereocenters. The van der Waals surface area contributed by atoms with Crippen LogP contribution in [0.4, 0.5) is 4.39 Å². The number of benzene rings is 3. The summed E-state index contributed by atoms with van der Waals surface area (Å²) in [4.78, 5) is 12.5. The molecule has 1 N–H and O–H groups in total. The summed E-state index contributed by atoms with van der Waals surface area (Å²) in [5, 5.41) is 2.90. The summed E-state index contributed by atoms with van der Waals surface area (Å²) in [6.07, 6.45) is 0. The van der Waals surface area contributed by atoms with Crippen molar-refractivity contribution < 1.29 is 23.4 Å². The lowest BCUT2D eigenvalue weighted by Crippen LogP contribution is -2.22. The fourth-order valence-corrected chi connectivity index (χ4v) is 2.75. The second kappa shape index (κ2) is 11.0. The van der Waals surface area contributed by atoms with Crippen LogP contribution in [0.3, 0.4) is 0 Å². The highest BCUT2D eigenvalue weighted by molar-refractivity contribution is 5.94. The molecule has 0 saturated carbocycles. The molecule has 0 fully saturated rings. The maximum atomic E-state index is 13.0. The smallest absolute Gasteiger partial charge is 0.251 e. The normalized spacial score (nSPS) is 10.5. The lowest BCUT2D eigenvalue weighted by molar-refractivity contribution is 0.0950. The Morgan fingerprint density at radius 2 is 1.60 bits per heavy atom. The molecule has 0 aliphatic heterocycles. The molecule has 0 spiro atoms. The number of halogens is 1. The summed E-state index contributed by atoms with van der Waals surface area (Å²) >= 11 is 0. The maximum absolute atomic E-state index is 13.0. The quantitative estimate of drug-likeness (QED) is 0.506. The van der Waals surface area contributed by atoms with Crippen LogP contribution in [-0.2, 0) is 17.9 Å². The summed E-state index contributed by atoms with van der Waals surface area (Å²) in [7, 11) is 1.62. The van der Waals surface area contributed by atoms with E-state index in [1.165, 1.54) is 12.1 Å². The zero-order valence-corrected chi connectivity index (χ0v) is 16.8. The van der Waals surface area contributed by atoms with Crippen LogP contribution in [0.2, 0.25) is 0 Å². The van der Waals surface area contributed by atoms with E-state index < -0.39 is 0 Å². The van der Waals surface area contributed by atoms with Gasteiger partial charge in [-0.15, -0.1) is 0 Å². The molecule has 0 radical (unpaired) electrons. The second-order valence-electron chi connectivity index (χ2n) is 6.61. The lowest BCUT2D eigenvalue weighted by Gasteiger charge is -2.10. The largest absolute Gasteiger partial charge is 0.491 e. The van der Waals surface area contributed by atoms with Crippen molar-refractivity contribution in [2.45, 2.75) is 13.2 Å². The van der Waals surface area contributed by atoms with Crippen LogP contribution in [0.15, 0.2) is 72.8 Å². The van der Waals surface area contributed by atoms with Crippen molar-refractivity contribution in [2.75, 3.05) is 20.3 Å². The molecule has 3 rings (SSSR count). The van der Waals surface area contributed by atoms with Crippen molar-refractivity contribution in [1.29, 1.82) is 0 Å². The van der Waals surface area contributed by atoms with E-state index in [0.717, 1.165) is 16.9 Å². The van der Waals surface area contributed by atoms with Crippen molar-refractivity contribution in [3.63, 3.8) is 0 Å². The molecule has 0 saturated heterocycles. The van der Waals surface area contributed by atoms with E-state index in [0.29, 0.717) is 37.7 Å². The highest BCUT2D eigenvalue weighted by Gasteiger charge is 2.07.